The van der Waals surface area contributed by atoms with Gasteiger partial charge in [-0.1, -0.05) is 11.8 Å². The largest absolute Gasteiger partial charge is 0.417 e. The SMILES string of the molecule is Nc1ccc(C#CC2CC2)c(C(F)(F)F)c1. The van der Waals surface area contributed by atoms with Crippen molar-refractivity contribution in [3.05, 3.63) is 29.3 Å². The summed E-state index contributed by atoms with van der Waals surface area (Å²) in [7, 11) is 0. The molecule has 1 nitrogen and oxygen atoms in total. The zero-order valence-electron chi connectivity index (χ0n) is 8.43. The lowest BCUT2D eigenvalue weighted by Crippen LogP contribution is -2.08. The average Bonchev–Trinajstić information content (AvgIpc) is 2.98. The van der Waals surface area contributed by atoms with Crippen LogP contribution in [0.4, 0.5) is 18.9 Å². The van der Waals surface area contributed by atoms with Crippen molar-refractivity contribution in [2.75, 3.05) is 5.73 Å². The van der Waals surface area contributed by atoms with E-state index in [1.54, 1.807) is 0 Å². The van der Waals surface area contributed by atoms with Crippen LogP contribution in [0.2, 0.25) is 0 Å². The molecule has 1 aliphatic carbocycles. The summed E-state index contributed by atoms with van der Waals surface area (Å²) in [5.74, 6) is 5.67. The van der Waals surface area contributed by atoms with Crippen molar-refractivity contribution in [3.8, 4) is 11.8 Å². The predicted molar refractivity (Wildman–Crippen MR) is 55.5 cm³/mol. The first-order valence-electron chi connectivity index (χ1n) is 4.95. The normalized spacial score (nSPS) is 15.4. The van der Waals surface area contributed by atoms with Crippen molar-refractivity contribution in [2.45, 2.75) is 19.0 Å². The molecular formula is C12H10F3N. The van der Waals surface area contributed by atoms with Gasteiger partial charge >= 0.3 is 6.18 Å². The summed E-state index contributed by atoms with van der Waals surface area (Å²) >= 11 is 0. The van der Waals surface area contributed by atoms with Gasteiger partial charge in [-0.3, -0.25) is 0 Å². The van der Waals surface area contributed by atoms with E-state index in [9.17, 15) is 13.2 Å². The molecule has 0 saturated heterocycles. The van der Waals surface area contributed by atoms with E-state index in [0.717, 1.165) is 18.9 Å². The monoisotopic (exact) mass is 225 g/mol. The van der Waals surface area contributed by atoms with Gasteiger partial charge in [0.2, 0.25) is 0 Å². The van der Waals surface area contributed by atoms with E-state index in [4.69, 9.17) is 5.73 Å². The Morgan fingerprint density at radius 2 is 1.94 bits per heavy atom. The molecule has 0 heterocycles. The van der Waals surface area contributed by atoms with Crippen LogP contribution in [-0.4, -0.2) is 0 Å². The van der Waals surface area contributed by atoms with Crippen LogP contribution in [0, 0.1) is 17.8 Å². The molecule has 1 aromatic rings. The first kappa shape index (κ1) is 10.9. The number of hydrogen-bond acceptors (Lipinski definition) is 1. The summed E-state index contributed by atoms with van der Waals surface area (Å²) in [5.41, 5.74) is 4.70. The Balaban J connectivity index is 2.40. The van der Waals surface area contributed by atoms with Crippen molar-refractivity contribution < 1.29 is 13.2 Å². The lowest BCUT2D eigenvalue weighted by molar-refractivity contribution is -0.137. The summed E-state index contributed by atoms with van der Waals surface area (Å²) in [5, 5.41) is 0. The fourth-order valence-electron chi connectivity index (χ4n) is 1.31. The maximum absolute atomic E-state index is 12.6. The Hall–Kier alpha value is -1.63. The molecule has 2 N–H and O–H groups in total. The van der Waals surface area contributed by atoms with Gasteiger partial charge in [-0.25, -0.2) is 0 Å². The number of alkyl halides is 3. The molecule has 0 amide bonds. The predicted octanol–water partition coefficient (Wildman–Crippen LogP) is 3.05. The fourth-order valence-corrected chi connectivity index (χ4v) is 1.31. The Morgan fingerprint density at radius 3 is 2.50 bits per heavy atom. The Kier molecular flexibility index (Phi) is 2.55. The van der Waals surface area contributed by atoms with Gasteiger partial charge in [0.15, 0.2) is 0 Å². The molecule has 0 aromatic heterocycles. The van der Waals surface area contributed by atoms with E-state index in [-0.39, 0.29) is 17.2 Å². The number of benzene rings is 1. The standard InChI is InChI=1S/C12H10F3N/c13-12(14,15)11-7-10(16)6-5-9(11)4-3-8-1-2-8/h5-8H,1-2,16H2. The van der Waals surface area contributed by atoms with Crippen molar-refractivity contribution in [3.63, 3.8) is 0 Å². The summed E-state index contributed by atoms with van der Waals surface area (Å²) in [4.78, 5) is 0. The van der Waals surface area contributed by atoms with Crippen molar-refractivity contribution in [1.29, 1.82) is 0 Å². The molecule has 0 aliphatic heterocycles. The molecule has 1 aliphatic rings. The summed E-state index contributed by atoms with van der Waals surface area (Å²) < 4.78 is 37.9. The highest BCUT2D eigenvalue weighted by Crippen LogP contribution is 2.33. The summed E-state index contributed by atoms with van der Waals surface area (Å²) in [6.45, 7) is 0. The fraction of sp³-hybridized carbons (Fsp3) is 0.333. The molecule has 0 atom stereocenters. The minimum absolute atomic E-state index is 0.00796. The third-order valence-electron chi connectivity index (χ3n) is 2.34. The molecule has 0 radical (unpaired) electrons. The first-order chi connectivity index (χ1) is 7.47. The van der Waals surface area contributed by atoms with Gasteiger partial charge in [-0.05, 0) is 31.0 Å². The molecule has 84 valence electrons. The summed E-state index contributed by atoms with van der Waals surface area (Å²) in [6, 6.07) is 3.69. The second-order valence-corrected chi connectivity index (χ2v) is 3.85. The maximum Gasteiger partial charge on any atom is 0.417 e. The number of nitrogen functional groups attached to an aromatic ring is 1. The molecule has 0 bridgehead atoms. The smallest absolute Gasteiger partial charge is 0.399 e. The highest BCUT2D eigenvalue weighted by molar-refractivity contribution is 5.52. The Labute approximate surface area is 91.5 Å². The second kappa shape index (κ2) is 3.75. The van der Waals surface area contributed by atoms with Gasteiger partial charge in [0, 0.05) is 17.2 Å². The van der Waals surface area contributed by atoms with Gasteiger partial charge in [0.25, 0.3) is 0 Å². The minimum atomic E-state index is -4.40. The van der Waals surface area contributed by atoms with Gasteiger partial charge in [0.1, 0.15) is 0 Å². The number of halogens is 3. The lowest BCUT2D eigenvalue weighted by atomic mass is 10.1. The van der Waals surface area contributed by atoms with Gasteiger partial charge in [-0.2, -0.15) is 13.2 Å². The average molecular weight is 225 g/mol. The number of nitrogens with two attached hydrogens (primary N) is 1. The molecule has 16 heavy (non-hydrogen) atoms. The third-order valence-corrected chi connectivity index (χ3v) is 2.34. The van der Waals surface area contributed by atoms with Crippen LogP contribution in [0.1, 0.15) is 24.0 Å². The Bertz CT molecular complexity index is 461. The van der Waals surface area contributed by atoms with E-state index in [2.05, 4.69) is 11.8 Å². The van der Waals surface area contributed by atoms with Crippen molar-refractivity contribution >= 4 is 5.69 Å². The van der Waals surface area contributed by atoms with Crippen LogP contribution in [-0.2, 0) is 6.18 Å². The first-order valence-corrected chi connectivity index (χ1v) is 4.95. The number of anilines is 1. The van der Waals surface area contributed by atoms with E-state index in [1.165, 1.54) is 12.1 Å². The lowest BCUT2D eigenvalue weighted by Gasteiger charge is -2.09. The van der Waals surface area contributed by atoms with E-state index < -0.39 is 11.7 Å². The quantitative estimate of drug-likeness (QED) is 0.533. The zero-order chi connectivity index (χ0) is 11.8. The summed E-state index contributed by atoms with van der Waals surface area (Å²) in [6.07, 6.45) is -2.42. The van der Waals surface area contributed by atoms with E-state index in [1.807, 2.05) is 0 Å². The van der Waals surface area contributed by atoms with Crippen LogP contribution in [0.25, 0.3) is 0 Å². The van der Waals surface area contributed by atoms with Crippen LogP contribution < -0.4 is 5.73 Å². The molecular weight excluding hydrogens is 215 g/mol. The van der Waals surface area contributed by atoms with Crippen LogP contribution in [0.15, 0.2) is 18.2 Å². The van der Waals surface area contributed by atoms with Crippen LogP contribution in [0.5, 0.6) is 0 Å². The highest BCUT2D eigenvalue weighted by Gasteiger charge is 2.33. The molecule has 2 rings (SSSR count). The molecule has 0 unspecified atom stereocenters. The highest BCUT2D eigenvalue weighted by atomic mass is 19.4. The molecule has 4 heteroatoms. The van der Waals surface area contributed by atoms with Crippen molar-refractivity contribution in [1.82, 2.24) is 0 Å². The number of rotatable bonds is 0. The topological polar surface area (TPSA) is 26.0 Å². The van der Waals surface area contributed by atoms with Crippen molar-refractivity contribution in [2.24, 2.45) is 5.92 Å². The molecule has 1 aromatic carbocycles. The zero-order valence-corrected chi connectivity index (χ0v) is 8.43. The van der Waals surface area contributed by atoms with E-state index in [0.29, 0.717) is 0 Å². The van der Waals surface area contributed by atoms with Gasteiger partial charge < -0.3 is 5.73 Å². The Morgan fingerprint density at radius 1 is 1.25 bits per heavy atom. The van der Waals surface area contributed by atoms with Crippen LogP contribution >= 0.6 is 0 Å². The third kappa shape index (κ3) is 2.48. The molecule has 1 fully saturated rings. The van der Waals surface area contributed by atoms with E-state index >= 15 is 0 Å². The number of hydrogen-bond donors (Lipinski definition) is 1. The van der Waals surface area contributed by atoms with Gasteiger partial charge in [-0.15, -0.1) is 0 Å². The van der Waals surface area contributed by atoms with Crippen LogP contribution in [0.3, 0.4) is 0 Å². The minimum Gasteiger partial charge on any atom is -0.399 e. The van der Waals surface area contributed by atoms with Gasteiger partial charge in [0.05, 0.1) is 5.56 Å². The maximum atomic E-state index is 12.6. The second-order valence-electron chi connectivity index (χ2n) is 3.85. The molecule has 1 saturated carbocycles. The molecule has 0 spiro atoms.